The van der Waals surface area contributed by atoms with Crippen molar-refractivity contribution in [3.8, 4) is 11.3 Å². The summed E-state index contributed by atoms with van der Waals surface area (Å²) in [4.78, 5) is 7.11. The zero-order valence-electron chi connectivity index (χ0n) is 10.6. The number of rotatable bonds is 3. The molecule has 0 aliphatic heterocycles. The Bertz CT molecular complexity index is 684. The highest BCUT2D eigenvalue weighted by Gasteiger charge is 2.14. The van der Waals surface area contributed by atoms with Gasteiger partial charge in [-0.25, -0.2) is 4.98 Å². The van der Waals surface area contributed by atoms with Gasteiger partial charge in [-0.05, 0) is 23.9 Å². The Kier molecular flexibility index (Phi) is 3.36. The SMILES string of the molecule is Cc1ccccc1-c1nc(N)sc1Cc1cccs1. The second kappa shape index (κ2) is 5.15. The van der Waals surface area contributed by atoms with Crippen molar-refractivity contribution in [3.63, 3.8) is 0 Å². The molecular formula is C15H14N2S2. The minimum absolute atomic E-state index is 0.643. The monoisotopic (exact) mass is 286 g/mol. The van der Waals surface area contributed by atoms with E-state index in [-0.39, 0.29) is 0 Å². The molecule has 0 radical (unpaired) electrons. The number of benzene rings is 1. The summed E-state index contributed by atoms with van der Waals surface area (Å²) in [6, 6.07) is 12.6. The van der Waals surface area contributed by atoms with Crippen molar-refractivity contribution >= 4 is 27.8 Å². The average Bonchev–Trinajstić information content (AvgIpc) is 3.01. The number of nitrogen functional groups attached to an aromatic ring is 1. The van der Waals surface area contributed by atoms with Crippen LogP contribution in [0.1, 0.15) is 15.3 Å². The van der Waals surface area contributed by atoms with Gasteiger partial charge in [0.05, 0.1) is 5.69 Å². The number of thiazole rings is 1. The summed E-state index contributed by atoms with van der Waals surface area (Å²) in [5.74, 6) is 0. The Hall–Kier alpha value is -1.65. The third-order valence-electron chi connectivity index (χ3n) is 3.03. The van der Waals surface area contributed by atoms with Crippen molar-refractivity contribution in [2.75, 3.05) is 5.73 Å². The molecular weight excluding hydrogens is 272 g/mol. The molecule has 0 aliphatic carbocycles. The molecule has 19 heavy (non-hydrogen) atoms. The van der Waals surface area contributed by atoms with Gasteiger partial charge in [-0.1, -0.05) is 30.3 Å². The molecule has 0 spiro atoms. The van der Waals surface area contributed by atoms with Crippen LogP contribution in [0.5, 0.6) is 0 Å². The molecule has 0 aliphatic rings. The fourth-order valence-electron chi connectivity index (χ4n) is 2.11. The van der Waals surface area contributed by atoms with Crippen LogP contribution < -0.4 is 5.73 Å². The number of anilines is 1. The average molecular weight is 286 g/mol. The Morgan fingerprint density at radius 3 is 2.74 bits per heavy atom. The molecule has 0 amide bonds. The molecule has 0 atom stereocenters. The first-order valence-corrected chi connectivity index (χ1v) is 7.77. The van der Waals surface area contributed by atoms with Gasteiger partial charge in [-0.2, -0.15) is 0 Å². The zero-order valence-corrected chi connectivity index (χ0v) is 12.2. The number of hydrogen-bond acceptors (Lipinski definition) is 4. The second-order valence-corrected chi connectivity index (χ2v) is 6.54. The maximum atomic E-state index is 5.91. The second-order valence-electron chi connectivity index (χ2n) is 4.39. The topological polar surface area (TPSA) is 38.9 Å². The largest absolute Gasteiger partial charge is 0.375 e. The van der Waals surface area contributed by atoms with E-state index in [2.05, 4.69) is 41.6 Å². The molecule has 0 fully saturated rings. The van der Waals surface area contributed by atoms with Crippen molar-refractivity contribution in [2.45, 2.75) is 13.3 Å². The van der Waals surface area contributed by atoms with Gasteiger partial charge in [-0.15, -0.1) is 22.7 Å². The van der Waals surface area contributed by atoms with Crippen LogP contribution in [0.4, 0.5) is 5.13 Å². The van der Waals surface area contributed by atoms with Gasteiger partial charge in [0.25, 0.3) is 0 Å². The molecule has 2 heterocycles. The van der Waals surface area contributed by atoms with Gasteiger partial charge in [0.2, 0.25) is 0 Å². The first kappa shape index (κ1) is 12.4. The molecule has 0 unspecified atom stereocenters. The number of aromatic nitrogens is 1. The Morgan fingerprint density at radius 1 is 1.16 bits per heavy atom. The van der Waals surface area contributed by atoms with E-state index < -0.39 is 0 Å². The number of nitrogens with zero attached hydrogens (tertiary/aromatic N) is 1. The van der Waals surface area contributed by atoms with Crippen LogP contribution in [0.2, 0.25) is 0 Å². The van der Waals surface area contributed by atoms with E-state index >= 15 is 0 Å². The van der Waals surface area contributed by atoms with Crippen LogP contribution >= 0.6 is 22.7 Å². The maximum Gasteiger partial charge on any atom is 0.180 e. The van der Waals surface area contributed by atoms with Crippen LogP contribution in [0, 0.1) is 6.92 Å². The summed E-state index contributed by atoms with van der Waals surface area (Å²) in [6.45, 7) is 2.11. The minimum atomic E-state index is 0.643. The predicted octanol–water partition coefficient (Wildman–Crippen LogP) is 4.35. The van der Waals surface area contributed by atoms with E-state index in [1.165, 1.54) is 20.9 Å². The van der Waals surface area contributed by atoms with Gasteiger partial charge >= 0.3 is 0 Å². The van der Waals surface area contributed by atoms with Crippen molar-refractivity contribution in [1.29, 1.82) is 0 Å². The third-order valence-corrected chi connectivity index (χ3v) is 4.79. The van der Waals surface area contributed by atoms with E-state index in [0.29, 0.717) is 5.13 Å². The predicted molar refractivity (Wildman–Crippen MR) is 83.8 cm³/mol. The normalized spacial score (nSPS) is 10.8. The smallest absolute Gasteiger partial charge is 0.180 e. The lowest BCUT2D eigenvalue weighted by Crippen LogP contribution is -1.89. The van der Waals surface area contributed by atoms with Crippen molar-refractivity contribution < 1.29 is 0 Å². The van der Waals surface area contributed by atoms with Crippen molar-refractivity contribution in [1.82, 2.24) is 4.98 Å². The van der Waals surface area contributed by atoms with E-state index in [0.717, 1.165) is 12.1 Å². The molecule has 3 rings (SSSR count). The summed E-state index contributed by atoms with van der Waals surface area (Å²) in [5.41, 5.74) is 9.36. The lowest BCUT2D eigenvalue weighted by atomic mass is 10.0. The van der Waals surface area contributed by atoms with Crippen LogP contribution in [0.3, 0.4) is 0 Å². The minimum Gasteiger partial charge on any atom is -0.375 e. The molecule has 2 N–H and O–H groups in total. The quantitative estimate of drug-likeness (QED) is 0.777. The third kappa shape index (κ3) is 2.55. The molecule has 4 heteroatoms. The highest BCUT2D eigenvalue weighted by Crippen LogP contribution is 2.33. The van der Waals surface area contributed by atoms with Gasteiger partial charge < -0.3 is 5.73 Å². The molecule has 0 bridgehead atoms. The summed E-state index contributed by atoms with van der Waals surface area (Å²) in [7, 11) is 0. The molecule has 1 aromatic carbocycles. The fraction of sp³-hybridized carbons (Fsp3) is 0.133. The molecule has 3 aromatic rings. The van der Waals surface area contributed by atoms with Crippen molar-refractivity contribution in [3.05, 3.63) is 57.1 Å². The highest BCUT2D eigenvalue weighted by atomic mass is 32.1. The lowest BCUT2D eigenvalue weighted by Gasteiger charge is -2.04. The summed E-state index contributed by atoms with van der Waals surface area (Å²) in [6.07, 6.45) is 0.913. The van der Waals surface area contributed by atoms with Crippen LogP contribution in [0.15, 0.2) is 41.8 Å². The zero-order chi connectivity index (χ0) is 13.2. The maximum absolute atomic E-state index is 5.91. The summed E-state index contributed by atoms with van der Waals surface area (Å²) >= 11 is 3.36. The lowest BCUT2D eigenvalue weighted by molar-refractivity contribution is 1.26. The van der Waals surface area contributed by atoms with Crippen LogP contribution in [0.25, 0.3) is 11.3 Å². The van der Waals surface area contributed by atoms with E-state index in [1.54, 1.807) is 22.7 Å². The standard InChI is InChI=1S/C15H14N2S2/c1-10-5-2-3-7-12(10)14-13(19-15(16)17-14)9-11-6-4-8-18-11/h2-8H,9H2,1H3,(H2,16,17). The summed E-state index contributed by atoms with van der Waals surface area (Å²) in [5, 5.41) is 2.75. The Morgan fingerprint density at radius 2 is 2.00 bits per heavy atom. The van der Waals surface area contributed by atoms with E-state index in [9.17, 15) is 0 Å². The first-order chi connectivity index (χ1) is 9.24. The number of nitrogens with two attached hydrogens (primary N) is 1. The first-order valence-electron chi connectivity index (χ1n) is 6.07. The van der Waals surface area contributed by atoms with Crippen LogP contribution in [-0.2, 0) is 6.42 Å². The molecule has 96 valence electrons. The number of aryl methyl sites for hydroxylation is 1. The molecule has 0 saturated carbocycles. The van der Waals surface area contributed by atoms with Crippen molar-refractivity contribution in [2.24, 2.45) is 0 Å². The fourth-order valence-corrected chi connectivity index (χ4v) is 3.79. The van der Waals surface area contributed by atoms with Crippen LogP contribution in [-0.4, -0.2) is 4.98 Å². The number of thiophene rings is 1. The molecule has 2 aromatic heterocycles. The van der Waals surface area contributed by atoms with Gasteiger partial charge in [0.1, 0.15) is 0 Å². The highest BCUT2D eigenvalue weighted by molar-refractivity contribution is 7.16. The number of hydrogen-bond donors (Lipinski definition) is 1. The summed E-state index contributed by atoms with van der Waals surface area (Å²) < 4.78 is 0. The Balaban J connectivity index is 2.05. The van der Waals surface area contributed by atoms with Gasteiger partial charge in [0.15, 0.2) is 5.13 Å². The molecule has 0 saturated heterocycles. The van der Waals surface area contributed by atoms with E-state index in [1.807, 2.05) is 12.1 Å². The van der Waals surface area contributed by atoms with E-state index in [4.69, 9.17) is 5.73 Å². The Labute approximate surface area is 120 Å². The molecule has 2 nitrogen and oxygen atoms in total. The van der Waals surface area contributed by atoms with Gasteiger partial charge in [-0.3, -0.25) is 0 Å². The van der Waals surface area contributed by atoms with Gasteiger partial charge in [0, 0.05) is 21.7 Å².